The van der Waals surface area contributed by atoms with Crippen molar-refractivity contribution < 1.29 is 10.2 Å². The van der Waals surface area contributed by atoms with Gasteiger partial charge in [-0.1, -0.05) is 77.6 Å². The molecule has 0 heterocycles. The normalized spacial score (nSPS) is 13.0. The molecule has 0 unspecified atom stereocenters. The summed E-state index contributed by atoms with van der Waals surface area (Å²) in [6.07, 6.45) is 15.9. The Hall–Kier alpha value is -0.120. The highest BCUT2D eigenvalue weighted by Crippen LogP contribution is 2.22. The van der Waals surface area contributed by atoms with Crippen LogP contribution in [-0.4, -0.2) is 33.1 Å². The van der Waals surface area contributed by atoms with Crippen LogP contribution < -0.4 is 0 Å². The fourth-order valence-electron chi connectivity index (χ4n) is 3.33. The Morgan fingerprint density at radius 1 is 0.565 bits per heavy atom. The lowest BCUT2D eigenvalue weighted by molar-refractivity contribution is -0.200. The molecule has 0 aromatic heterocycles. The number of rotatable bonds is 15. The Balaban J connectivity index is 3.54. The smallest absolute Gasteiger partial charge is 0.115 e. The van der Waals surface area contributed by atoms with Crippen molar-refractivity contribution in [2.24, 2.45) is 0 Å². The highest BCUT2D eigenvalue weighted by molar-refractivity contribution is 4.78. The van der Waals surface area contributed by atoms with E-state index in [9.17, 15) is 10.2 Å². The zero-order valence-corrected chi connectivity index (χ0v) is 16.5. The average molecular weight is 330 g/mol. The second-order valence-electron chi connectivity index (χ2n) is 8.03. The van der Waals surface area contributed by atoms with Gasteiger partial charge in [0, 0.05) is 6.54 Å². The molecule has 23 heavy (non-hydrogen) atoms. The Kier molecular flexibility index (Phi) is 12.2. The van der Waals surface area contributed by atoms with Crippen molar-refractivity contribution in [2.45, 2.75) is 123 Å². The first-order valence-electron chi connectivity index (χ1n) is 9.92. The van der Waals surface area contributed by atoms with Gasteiger partial charge in [-0.15, -0.1) is 0 Å². The van der Waals surface area contributed by atoms with Gasteiger partial charge in [0.05, 0.1) is 0 Å². The predicted octanol–water partition coefficient (Wildman–Crippen LogP) is 5.45. The van der Waals surface area contributed by atoms with Crippen LogP contribution in [0, 0.1) is 0 Å². The van der Waals surface area contributed by atoms with Crippen LogP contribution in [0.3, 0.4) is 0 Å². The van der Waals surface area contributed by atoms with E-state index >= 15 is 0 Å². The molecule has 0 aliphatic heterocycles. The van der Waals surface area contributed by atoms with Gasteiger partial charge < -0.3 is 10.2 Å². The molecule has 0 atom stereocenters. The molecule has 0 aromatic carbocycles. The van der Waals surface area contributed by atoms with E-state index in [0.717, 1.165) is 13.0 Å². The van der Waals surface area contributed by atoms with E-state index in [1.807, 2.05) is 0 Å². The Labute approximate surface area is 145 Å². The second kappa shape index (κ2) is 12.3. The summed E-state index contributed by atoms with van der Waals surface area (Å²) in [4.78, 5) is 1.77. The standard InChI is InChI=1S/C20H43NO2/c1-6-7-8-9-10-11-12-13-14-15-16-17-18-21(19(2,3)22)20(4,5)23/h22-23H,6-18H2,1-5H3. The zero-order valence-electron chi connectivity index (χ0n) is 16.5. The monoisotopic (exact) mass is 329 g/mol. The summed E-state index contributed by atoms with van der Waals surface area (Å²) in [7, 11) is 0. The van der Waals surface area contributed by atoms with E-state index in [1.165, 1.54) is 70.6 Å². The summed E-state index contributed by atoms with van der Waals surface area (Å²) in [6.45, 7) is 9.97. The van der Waals surface area contributed by atoms with Crippen LogP contribution in [-0.2, 0) is 0 Å². The second-order valence-corrected chi connectivity index (χ2v) is 8.03. The first-order valence-corrected chi connectivity index (χ1v) is 9.92. The molecule has 0 aliphatic rings. The third kappa shape index (κ3) is 12.9. The van der Waals surface area contributed by atoms with Crippen molar-refractivity contribution in [2.75, 3.05) is 6.54 Å². The molecule has 0 radical (unpaired) electrons. The highest BCUT2D eigenvalue weighted by Gasteiger charge is 2.34. The van der Waals surface area contributed by atoms with Crippen LogP contribution in [0.5, 0.6) is 0 Å². The fraction of sp³-hybridized carbons (Fsp3) is 1.00. The first-order chi connectivity index (χ1) is 10.7. The Morgan fingerprint density at radius 3 is 1.17 bits per heavy atom. The van der Waals surface area contributed by atoms with Gasteiger partial charge in [-0.2, -0.15) is 0 Å². The van der Waals surface area contributed by atoms with Crippen molar-refractivity contribution in [3.8, 4) is 0 Å². The zero-order chi connectivity index (χ0) is 17.8. The summed E-state index contributed by atoms with van der Waals surface area (Å²) >= 11 is 0. The van der Waals surface area contributed by atoms with E-state index in [1.54, 1.807) is 32.6 Å². The van der Waals surface area contributed by atoms with Gasteiger partial charge >= 0.3 is 0 Å². The predicted molar refractivity (Wildman–Crippen MR) is 100 cm³/mol. The molecule has 2 N–H and O–H groups in total. The molecule has 0 amide bonds. The van der Waals surface area contributed by atoms with Crippen LogP contribution in [0.2, 0.25) is 0 Å². The molecule has 0 rings (SSSR count). The molecule has 0 saturated carbocycles. The minimum atomic E-state index is -0.976. The summed E-state index contributed by atoms with van der Waals surface area (Å²) in [6, 6.07) is 0. The van der Waals surface area contributed by atoms with Crippen molar-refractivity contribution in [1.82, 2.24) is 4.90 Å². The third-order valence-electron chi connectivity index (χ3n) is 4.56. The largest absolute Gasteiger partial charge is 0.376 e. The number of unbranched alkanes of at least 4 members (excludes halogenated alkanes) is 11. The maximum absolute atomic E-state index is 10.2. The molecule has 0 aliphatic carbocycles. The van der Waals surface area contributed by atoms with Gasteiger partial charge in [0.2, 0.25) is 0 Å². The summed E-state index contributed by atoms with van der Waals surface area (Å²) in [5.74, 6) is 0. The fourth-order valence-corrected chi connectivity index (χ4v) is 3.33. The highest BCUT2D eigenvalue weighted by atomic mass is 16.3. The van der Waals surface area contributed by atoms with Crippen LogP contribution in [0.4, 0.5) is 0 Å². The van der Waals surface area contributed by atoms with Crippen molar-refractivity contribution in [1.29, 1.82) is 0 Å². The lowest BCUT2D eigenvalue weighted by Crippen LogP contribution is -2.55. The van der Waals surface area contributed by atoms with Gasteiger partial charge in [0.25, 0.3) is 0 Å². The minimum Gasteiger partial charge on any atom is -0.376 e. The number of hydrogen-bond donors (Lipinski definition) is 2. The maximum atomic E-state index is 10.2. The van der Waals surface area contributed by atoms with E-state index in [-0.39, 0.29) is 0 Å². The average Bonchev–Trinajstić information content (AvgIpc) is 2.41. The molecule has 0 fully saturated rings. The molecule has 0 spiro atoms. The number of nitrogens with zero attached hydrogens (tertiary/aromatic N) is 1. The van der Waals surface area contributed by atoms with Crippen LogP contribution in [0.15, 0.2) is 0 Å². The topological polar surface area (TPSA) is 43.7 Å². The summed E-state index contributed by atoms with van der Waals surface area (Å²) in [5.41, 5.74) is -1.95. The molecule has 140 valence electrons. The molecule has 3 nitrogen and oxygen atoms in total. The summed E-state index contributed by atoms with van der Waals surface area (Å²) in [5, 5.41) is 20.3. The molecular weight excluding hydrogens is 286 g/mol. The van der Waals surface area contributed by atoms with Gasteiger partial charge in [0.1, 0.15) is 11.4 Å². The maximum Gasteiger partial charge on any atom is 0.115 e. The Bertz CT molecular complexity index is 252. The minimum absolute atomic E-state index is 0.741. The Morgan fingerprint density at radius 2 is 0.870 bits per heavy atom. The molecule has 0 bridgehead atoms. The quantitative estimate of drug-likeness (QED) is 0.310. The molecule has 0 aromatic rings. The van der Waals surface area contributed by atoms with Crippen LogP contribution in [0.1, 0.15) is 112 Å². The lowest BCUT2D eigenvalue weighted by Gasteiger charge is -2.42. The van der Waals surface area contributed by atoms with Crippen molar-refractivity contribution in [3.63, 3.8) is 0 Å². The number of aliphatic hydroxyl groups is 2. The SMILES string of the molecule is CCCCCCCCCCCCCCN(C(C)(C)O)C(C)(C)O. The molecule has 3 heteroatoms. The molecule has 0 saturated heterocycles. The molecular formula is C20H43NO2. The van der Waals surface area contributed by atoms with E-state index in [4.69, 9.17) is 0 Å². The van der Waals surface area contributed by atoms with E-state index in [2.05, 4.69) is 6.92 Å². The third-order valence-corrected chi connectivity index (χ3v) is 4.56. The van der Waals surface area contributed by atoms with Crippen LogP contribution >= 0.6 is 0 Å². The van der Waals surface area contributed by atoms with Crippen LogP contribution in [0.25, 0.3) is 0 Å². The van der Waals surface area contributed by atoms with Gasteiger partial charge in [-0.3, -0.25) is 0 Å². The van der Waals surface area contributed by atoms with Gasteiger partial charge in [-0.25, -0.2) is 4.90 Å². The van der Waals surface area contributed by atoms with Gasteiger partial charge in [-0.05, 0) is 34.1 Å². The van der Waals surface area contributed by atoms with Gasteiger partial charge in [0.15, 0.2) is 0 Å². The lowest BCUT2D eigenvalue weighted by atomic mass is 10.0. The van der Waals surface area contributed by atoms with E-state index < -0.39 is 11.4 Å². The van der Waals surface area contributed by atoms with Crippen molar-refractivity contribution in [3.05, 3.63) is 0 Å². The summed E-state index contributed by atoms with van der Waals surface area (Å²) < 4.78 is 0. The first kappa shape index (κ1) is 22.9. The van der Waals surface area contributed by atoms with Crippen molar-refractivity contribution >= 4 is 0 Å². The van der Waals surface area contributed by atoms with E-state index in [0.29, 0.717) is 0 Å². The number of hydrogen-bond acceptors (Lipinski definition) is 3.